The van der Waals surface area contributed by atoms with Crippen LogP contribution in [0.5, 0.6) is 0 Å². The summed E-state index contributed by atoms with van der Waals surface area (Å²) in [4.78, 5) is 12.5. The number of hydrogen-bond donors (Lipinski definition) is 3. The highest BCUT2D eigenvalue weighted by atomic mass is 35.5. The molecule has 0 aromatic heterocycles. The average Bonchev–Trinajstić information content (AvgIpc) is 2.99. The zero-order valence-electron chi connectivity index (χ0n) is 13.4. The van der Waals surface area contributed by atoms with Gasteiger partial charge in [0.2, 0.25) is 0 Å². The Labute approximate surface area is 142 Å². The first-order valence-corrected chi connectivity index (χ1v) is 8.98. The Hall–Kier alpha value is -1.26. The van der Waals surface area contributed by atoms with E-state index in [4.69, 9.17) is 11.6 Å². The van der Waals surface area contributed by atoms with Gasteiger partial charge in [-0.2, -0.15) is 0 Å². The van der Waals surface area contributed by atoms with E-state index >= 15 is 0 Å². The van der Waals surface area contributed by atoms with E-state index in [1.54, 1.807) is 0 Å². The largest absolute Gasteiger partial charge is 0.393 e. The van der Waals surface area contributed by atoms with Gasteiger partial charge in [-0.3, -0.25) is 0 Å². The number of urea groups is 1. The van der Waals surface area contributed by atoms with Gasteiger partial charge in [-0.25, -0.2) is 4.79 Å². The van der Waals surface area contributed by atoms with Crippen LogP contribution in [0.3, 0.4) is 0 Å². The number of carbonyl (C=O) groups is 1. The average molecular weight is 337 g/mol. The lowest BCUT2D eigenvalue weighted by Crippen LogP contribution is -2.51. The summed E-state index contributed by atoms with van der Waals surface area (Å²) < 4.78 is 0. The quantitative estimate of drug-likeness (QED) is 0.788. The van der Waals surface area contributed by atoms with Crippen LogP contribution >= 0.6 is 11.6 Å². The molecule has 126 valence electrons. The van der Waals surface area contributed by atoms with Gasteiger partial charge in [0.15, 0.2) is 0 Å². The van der Waals surface area contributed by atoms with Crippen molar-refractivity contribution in [1.82, 2.24) is 10.6 Å². The zero-order chi connectivity index (χ0) is 16.3. The van der Waals surface area contributed by atoms with Crippen molar-refractivity contribution in [2.75, 3.05) is 0 Å². The predicted molar refractivity (Wildman–Crippen MR) is 91.5 cm³/mol. The van der Waals surface area contributed by atoms with Crippen LogP contribution in [0, 0.1) is 0 Å². The summed E-state index contributed by atoms with van der Waals surface area (Å²) in [7, 11) is 0. The molecular weight excluding hydrogens is 312 g/mol. The molecule has 0 radical (unpaired) electrons. The minimum Gasteiger partial charge on any atom is -0.393 e. The fraction of sp³-hybridized carbons (Fsp3) is 0.611. The van der Waals surface area contributed by atoms with E-state index in [1.165, 1.54) is 0 Å². The number of carbonyl (C=O) groups excluding carboxylic acids is 1. The van der Waals surface area contributed by atoms with Crippen LogP contribution < -0.4 is 10.6 Å². The molecule has 2 fully saturated rings. The van der Waals surface area contributed by atoms with Crippen molar-refractivity contribution in [3.05, 3.63) is 34.9 Å². The summed E-state index contributed by atoms with van der Waals surface area (Å²) in [5, 5.41) is 16.6. The first-order chi connectivity index (χ1) is 11.1. The van der Waals surface area contributed by atoms with E-state index < -0.39 is 0 Å². The van der Waals surface area contributed by atoms with Gasteiger partial charge < -0.3 is 15.7 Å². The number of rotatable bonds is 3. The van der Waals surface area contributed by atoms with Crippen molar-refractivity contribution >= 4 is 17.6 Å². The number of halogens is 1. The Morgan fingerprint density at radius 3 is 2.52 bits per heavy atom. The Morgan fingerprint density at radius 2 is 1.87 bits per heavy atom. The molecule has 3 rings (SSSR count). The number of benzene rings is 1. The van der Waals surface area contributed by atoms with E-state index in [-0.39, 0.29) is 23.7 Å². The van der Waals surface area contributed by atoms with Gasteiger partial charge in [-0.05, 0) is 56.2 Å². The van der Waals surface area contributed by atoms with Gasteiger partial charge in [0.05, 0.1) is 11.6 Å². The second kappa shape index (κ2) is 7.10. The summed E-state index contributed by atoms with van der Waals surface area (Å²) in [6, 6.07) is 7.88. The van der Waals surface area contributed by atoms with Gasteiger partial charge in [0.1, 0.15) is 0 Å². The molecule has 0 heterocycles. The van der Waals surface area contributed by atoms with Crippen LogP contribution in [0.15, 0.2) is 24.3 Å². The van der Waals surface area contributed by atoms with E-state index in [2.05, 4.69) is 16.7 Å². The first-order valence-electron chi connectivity index (χ1n) is 8.60. The standard InChI is InChI=1S/C18H25ClN2O2/c19-14-5-3-4-13(12-14)18(10-1-2-11-18)21-17(23)20-15-6-8-16(22)9-7-15/h3-5,12,15-16,22H,1-2,6-11H2,(H2,20,21,23). The minimum absolute atomic E-state index is 0.103. The number of hydrogen-bond acceptors (Lipinski definition) is 2. The SMILES string of the molecule is O=C(NC1CCC(O)CC1)NC1(c2cccc(Cl)c2)CCCC1. The fourth-order valence-electron chi connectivity index (χ4n) is 3.91. The predicted octanol–water partition coefficient (Wildman–Crippen LogP) is 3.71. The molecular formula is C18H25ClN2O2. The third-order valence-corrected chi connectivity index (χ3v) is 5.45. The van der Waals surface area contributed by atoms with Gasteiger partial charge >= 0.3 is 6.03 Å². The van der Waals surface area contributed by atoms with Crippen LogP contribution in [0.4, 0.5) is 4.79 Å². The van der Waals surface area contributed by atoms with Crippen molar-refractivity contribution in [2.45, 2.75) is 69.1 Å². The van der Waals surface area contributed by atoms with Crippen LogP contribution in [0.1, 0.15) is 56.9 Å². The first kappa shape index (κ1) is 16.6. The highest BCUT2D eigenvalue weighted by molar-refractivity contribution is 6.30. The molecule has 4 nitrogen and oxygen atoms in total. The normalized spacial score (nSPS) is 26.7. The molecule has 2 aliphatic carbocycles. The molecule has 2 aliphatic rings. The monoisotopic (exact) mass is 336 g/mol. The smallest absolute Gasteiger partial charge is 0.315 e. The van der Waals surface area contributed by atoms with Crippen LogP contribution in [-0.2, 0) is 5.54 Å². The maximum absolute atomic E-state index is 12.5. The minimum atomic E-state index is -0.302. The highest BCUT2D eigenvalue weighted by Gasteiger charge is 2.37. The molecule has 0 aliphatic heterocycles. The van der Waals surface area contributed by atoms with E-state index in [1.807, 2.05) is 18.2 Å². The molecule has 0 spiro atoms. The number of amides is 2. The molecule has 0 unspecified atom stereocenters. The molecule has 2 amide bonds. The zero-order valence-corrected chi connectivity index (χ0v) is 14.1. The Kier molecular flexibility index (Phi) is 5.12. The van der Waals surface area contributed by atoms with Crippen LogP contribution in [0.2, 0.25) is 5.02 Å². The second-order valence-electron chi connectivity index (χ2n) is 6.90. The summed E-state index contributed by atoms with van der Waals surface area (Å²) >= 11 is 6.14. The van der Waals surface area contributed by atoms with E-state index in [0.717, 1.165) is 56.9 Å². The molecule has 5 heteroatoms. The third kappa shape index (κ3) is 3.99. The summed E-state index contributed by atoms with van der Waals surface area (Å²) in [5.41, 5.74) is 0.792. The molecule has 0 saturated heterocycles. The second-order valence-corrected chi connectivity index (χ2v) is 7.34. The molecule has 0 atom stereocenters. The fourth-order valence-corrected chi connectivity index (χ4v) is 4.10. The van der Waals surface area contributed by atoms with Crippen LogP contribution in [-0.4, -0.2) is 23.3 Å². The topological polar surface area (TPSA) is 61.4 Å². The summed E-state index contributed by atoms with van der Waals surface area (Å²) in [6.07, 6.45) is 7.15. The maximum atomic E-state index is 12.5. The molecule has 3 N–H and O–H groups in total. The van der Waals surface area contributed by atoms with Crippen molar-refractivity contribution in [1.29, 1.82) is 0 Å². The molecule has 1 aromatic rings. The Bertz CT molecular complexity index is 550. The summed E-state index contributed by atoms with van der Waals surface area (Å²) in [5.74, 6) is 0. The van der Waals surface area contributed by atoms with E-state index in [0.29, 0.717) is 5.02 Å². The highest BCUT2D eigenvalue weighted by Crippen LogP contribution is 2.39. The number of aliphatic hydroxyl groups excluding tert-OH is 1. The maximum Gasteiger partial charge on any atom is 0.315 e. The van der Waals surface area contributed by atoms with Crippen molar-refractivity contribution < 1.29 is 9.90 Å². The summed E-state index contributed by atoms with van der Waals surface area (Å²) in [6.45, 7) is 0. The lowest BCUT2D eigenvalue weighted by Gasteiger charge is -2.33. The molecule has 0 bridgehead atoms. The molecule has 23 heavy (non-hydrogen) atoms. The Balaban J connectivity index is 1.66. The lowest BCUT2D eigenvalue weighted by molar-refractivity contribution is 0.117. The Morgan fingerprint density at radius 1 is 1.17 bits per heavy atom. The van der Waals surface area contributed by atoms with Gasteiger partial charge in [0.25, 0.3) is 0 Å². The van der Waals surface area contributed by atoms with Crippen molar-refractivity contribution in [3.63, 3.8) is 0 Å². The van der Waals surface area contributed by atoms with Crippen molar-refractivity contribution in [2.24, 2.45) is 0 Å². The number of nitrogens with one attached hydrogen (secondary N) is 2. The lowest BCUT2D eigenvalue weighted by atomic mass is 9.88. The third-order valence-electron chi connectivity index (χ3n) is 5.22. The van der Waals surface area contributed by atoms with Gasteiger partial charge in [-0.1, -0.05) is 36.6 Å². The van der Waals surface area contributed by atoms with Crippen molar-refractivity contribution in [3.8, 4) is 0 Å². The van der Waals surface area contributed by atoms with Crippen LogP contribution in [0.25, 0.3) is 0 Å². The van der Waals surface area contributed by atoms with E-state index in [9.17, 15) is 9.90 Å². The number of aliphatic hydroxyl groups is 1. The van der Waals surface area contributed by atoms with Gasteiger partial charge in [-0.15, -0.1) is 0 Å². The van der Waals surface area contributed by atoms with Gasteiger partial charge in [0, 0.05) is 11.1 Å². The molecule has 2 saturated carbocycles. The molecule has 1 aromatic carbocycles.